The average Bonchev–Trinajstić information content (AvgIpc) is 3.19. The Morgan fingerprint density at radius 2 is 1.85 bits per heavy atom. The number of benzene rings is 1. The van der Waals surface area contributed by atoms with E-state index in [0.717, 1.165) is 5.69 Å². The Labute approximate surface area is 153 Å². The number of carbonyl (C=O) groups excluding carboxylic acids is 1. The van der Waals surface area contributed by atoms with E-state index in [4.69, 9.17) is 0 Å². The lowest BCUT2D eigenvalue weighted by Crippen LogP contribution is -2.23. The lowest BCUT2D eigenvalue weighted by atomic mass is 10.3. The molecule has 0 atom stereocenters. The van der Waals surface area contributed by atoms with E-state index in [1.54, 1.807) is 30.9 Å². The summed E-state index contributed by atoms with van der Waals surface area (Å²) in [4.78, 5) is 33.7. The molecule has 27 heavy (non-hydrogen) atoms. The van der Waals surface area contributed by atoms with Crippen molar-refractivity contribution in [3.05, 3.63) is 70.2 Å². The summed E-state index contributed by atoms with van der Waals surface area (Å²) >= 11 is 0. The number of aromatic nitrogens is 6. The van der Waals surface area contributed by atoms with Crippen LogP contribution in [0, 0.1) is 13.8 Å². The highest BCUT2D eigenvalue weighted by Crippen LogP contribution is 2.14. The molecule has 9 nitrogen and oxygen atoms in total. The number of para-hydroxylation sites is 1. The van der Waals surface area contributed by atoms with Gasteiger partial charge in [0.05, 0.1) is 11.4 Å². The topological polar surface area (TPSA) is 99.1 Å². The van der Waals surface area contributed by atoms with Crippen molar-refractivity contribution in [3.8, 4) is 5.69 Å². The molecule has 136 valence electrons. The number of nitrogens with zero attached hydrogens (tertiary/aromatic N) is 6. The van der Waals surface area contributed by atoms with Crippen LogP contribution in [0.5, 0.6) is 0 Å². The third-order valence-electron chi connectivity index (χ3n) is 4.43. The molecule has 0 aliphatic rings. The van der Waals surface area contributed by atoms with Gasteiger partial charge in [-0.05, 0) is 32.0 Å². The molecule has 0 spiro atoms. The molecule has 0 bridgehead atoms. The molecule has 3 heterocycles. The average molecular weight is 363 g/mol. The van der Waals surface area contributed by atoms with E-state index in [2.05, 4.69) is 20.4 Å². The van der Waals surface area contributed by atoms with Crippen LogP contribution in [0.4, 0.5) is 5.69 Å². The number of aryl methyl sites for hydroxylation is 1. The first kappa shape index (κ1) is 16.7. The van der Waals surface area contributed by atoms with Crippen molar-refractivity contribution in [2.24, 2.45) is 7.05 Å². The summed E-state index contributed by atoms with van der Waals surface area (Å²) in [7, 11) is 1.76. The molecule has 0 saturated heterocycles. The summed E-state index contributed by atoms with van der Waals surface area (Å²) < 4.78 is 4.67. The minimum absolute atomic E-state index is 0.0503. The van der Waals surface area contributed by atoms with Gasteiger partial charge in [0.2, 0.25) is 5.82 Å². The van der Waals surface area contributed by atoms with Crippen molar-refractivity contribution >= 4 is 17.4 Å². The summed E-state index contributed by atoms with van der Waals surface area (Å²) in [5.74, 6) is -0.289. The fraction of sp³-hybridized carbons (Fsp3) is 0.167. The van der Waals surface area contributed by atoms with Crippen LogP contribution in [-0.2, 0) is 7.05 Å². The molecule has 0 radical (unpaired) electrons. The van der Waals surface area contributed by atoms with E-state index in [1.165, 1.54) is 9.20 Å². The zero-order valence-electron chi connectivity index (χ0n) is 15.0. The van der Waals surface area contributed by atoms with E-state index < -0.39 is 5.91 Å². The zero-order chi connectivity index (χ0) is 19.1. The lowest BCUT2D eigenvalue weighted by molar-refractivity contribution is 0.101. The van der Waals surface area contributed by atoms with Crippen LogP contribution in [0.3, 0.4) is 0 Å². The molecular formula is C18H17N7O2. The van der Waals surface area contributed by atoms with Crippen LogP contribution in [-0.4, -0.2) is 34.9 Å². The first-order valence-electron chi connectivity index (χ1n) is 8.31. The number of amides is 1. The molecule has 0 aliphatic carbocycles. The fourth-order valence-electron chi connectivity index (χ4n) is 2.88. The molecule has 1 amide bonds. The SMILES string of the molecule is Cc1c(NC(=O)c2nc3nccc(C)n3n2)c(=O)n(-c2ccccc2)n1C. The second-order valence-electron chi connectivity index (χ2n) is 6.12. The van der Waals surface area contributed by atoms with Crippen molar-refractivity contribution in [1.29, 1.82) is 0 Å². The Balaban J connectivity index is 1.73. The Kier molecular flexibility index (Phi) is 3.84. The summed E-state index contributed by atoms with van der Waals surface area (Å²) in [6, 6.07) is 11.0. The predicted octanol–water partition coefficient (Wildman–Crippen LogP) is 1.48. The highest BCUT2D eigenvalue weighted by molar-refractivity contribution is 6.02. The minimum atomic E-state index is -0.564. The fourth-order valence-corrected chi connectivity index (χ4v) is 2.88. The first-order chi connectivity index (χ1) is 13.0. The highest BCUT2D eigenvalue weighted by atomic mass is 16.2. The molecule has 9 heteroatoms. The first-order valence-corrected chi connectivity index (χ1v) is 8.31. The Morgan fingerprint density at radius 1 is 1.11 bits per heavy atom. The smallest absolute Gasteiger partial charge is 0.295 e. The van der Waals surface area contributed by atoms with Crippen molar-refractivity contribution in [2.45, 2.75) is 13.8 Å². The van der Waals surface area contributed by atoms with Crippen molar-refractivity contribution < 1.29 is 4.79 Å². The third-order valence-corrected chi connectivity index (χ3v) is 4.43. The molecule has 0 saturated carbocycles. The maximum absolute atomic E-state index is 12.9. The van der Waals surface area contributed by atoms with Gasteiger partial charge in [0.1, 0.15) is 5.69 Å². The molecule has 0 unspecified atom stereocenters. The Hall–Kier alpha value is -3.75. The largest absolute Gasteiger partial charge is 0.313 e. The quantitative estimate of drug-likeness (QED) is 0.594. The molecule has 3 aromatic heterocycles. The Morgan fingerprint density at radius 3 is 2.56 bits per heavy atom. The van der Waals surface area contributed by atoms with Gasteiger partial charge in [-0.15, -0.1) is 5.10 Å². The van der Waals surface area contributed by atoms with E-state index in [1.807, 2.05) is 37.3 Å². The summed E-state index contributed by atoms with van der Waals surface area (Å²) in [6.45, 7) is 3.60. The second-order valence-corrected chi connectivity index (χ2v) is 6.12. The summed E-state index contributed by atoms with van der Waals surface area (Å²) in [5, 5.41) is 6.82. The maximum atomic E-state index is 12.9. The van der Waals surface area contributed by atoms with Gasteiger partial charge in [0.25, 0.3) is 17.2 Å². The van der Waals surface area contributed by atoms with E-state index in [-0.39, 0.29) is 17.1 Å². The monoisotopic (exact) mass is 363 g/mol. The predicted molar refractivity (Wildman–Crippen MR) is 99.2 cm³/mol. The number of nitrogens with one attached hydrogen (secondary N) is 1. The van der Waals surface area contributed by atoms with Gasteiger partial charge in [-0.3, -0.25) is 14.3 Å². The maximum Gasteiger partial charge on any atom is 0.295 e. The molecule has 1 aromatic carbocycles. The van der Waals surface area contributed by atoms with Crippen LogP contribution in [0.2, 0.25) is 0 Å². The van der Waals surface area contributed by atoms with E-state index in [9.17, 15) is 9.59 Å². The number of fused-ring (bicyclic) bond motifs is 1. The van der Waals surface area contributed by atoms with E-state index in [0.29, 0.717) is 17.2 Å². The minimum Gasteiger partial charge on any atom is -0.313 e. The second kappa shape index (κ2) is 6.20. The number of carbonyl (C=O) groups is 1. The standard InChI is InChI=1S/C18H17N7O2/c1-11-9-10-19-18-21-15(22-24(11)18)16(26)20-14-12(2)23(3)25(17(14)27)13-7-5-4-6-8-13/h4-10H,1-3H3,(H,20,26). The Bertz CT molecular complexity index is 1220. The van der Waals surface area contributed by atoms with Crippen molar-refractivity contribution in [1.82, 2.24) is 28.9 Å². The number of rotatable bonds is 3. The number of hydrogen-bond donors (Lipinski definition) is 1. The van der Waals surface area contributed by atoms with Gasteiger partial charge in [0, 0.05) is 18.9 Å². The van der Waals surface area contributed by atoms with E-state index >= 15 is 0 Å². The summed E-state index contributed by atoms with van der Waals surface area (Å²) in [5.41, 5.74) is 1.99. The highest BCUT2D eigenvalue weighted by Gasteiger charge is 2.21. The van der Waals surface area contributed by atoms with Crippen LogP contribution >= 0.6 is 0 Å². The van der Waals surface area contributed by atoms with Crippen LogP contribution in [0.1, 0.15) is 22.0 Å². The van der Waals surface area contributed by atoms with Crippen molar-refractivity contribution in [2.75, 3.05) is 5.32 Å². The zero-order valence-corrected chi connectivity index (χ0v) is 15.0. The van der Waals surface area contributed by atoms with Gasteiger partial charge in [0.15, 0.2) is 0 Å². The van der Waals surface area contributed by atoms with Crippen LogP contribution in [0.15, 0.2) is 47.4 Å². The normalized spacial score (nSPS) is 11.1. The van der Waals surface area contributed by atoms with Gasteiger partial charge >= 0.3 is 0 Å². The van der Waals surface area contributed by atoms with Gasteiger partial charge in [-0.2, -0.15) is 4.98 Å². The number of hydrogen-bond acceptors (Lipinski definition) is 5. The van der Waals surface area contributed by atoms with Crippen LogP contribution < -0.4 is 10.9 Å². The molecular weight excluding hydrogens is 346 g/mol. The van der Waals surface area contributed by atoms with Gasteiger partial charge in [-0.1, -0.05) is 18.2 Å². The van der Waals surface area contributed by atoms with Gasteiger partial charge < -0.3 is 5.32 Å². The molecule has 1 N–H and O–H groups in total. The lowest BCUT2D eigenvalue weighted by Gasteiger charge is -2.07. The molecule has 0 aliphatic heterocycles. The van der Waals surface area contributed by atoms with Crippen LogP contribution in [0.25, 0.3) is 11.5 Å². The number of anilines is 1. The molecule has 4 rings (SSSR count). The molecule has 4 aromatic rings. The summed E-state index contributed by atoms with van der Waals surface area (Å²) in [6.07, 6.45) is 1.60. The molecule has 0 fully saturated rings. The van der Waals surface area contributed by atoms with Gasteiger partial charge in [-0.25, -0.2) is 14.2 Å². The van der Waals surface area contributed by atoms with Crippen molar-refractivity contribution in [3.63, 3.8) is 0 Å². The third kappa shape index (κ3) is 2.69.